The molecule has 0 amide bonds. The second-order valence-electron chi connectivity index (χ2n) is 2.70. The number of rotatable bonds is 5. The second-order valence-corrected chi connectivity index (χ2v) is 4.01. The Balaban J connectivity index is 1.91. The number of hydrogen-bond acceptors (Lipinski definition) is 3. The Kier molecular flexibility index (Phi) is 3.77. The van der Waals surface area contributed by atoms with Crippen molar-refractivity contribution in [2.75, 3.05) is 12.4 Å². The first-order valence-corrected chi connectivity index (χ1v) is 5.17. The van der Waals surface area contributed by atoms with Gasteiger partial charge in [0.25, 0.3) is 0 Å². The number of unbranched alkanes of at least 4 members (excludes halogenated alkanes) is 2. The lowest BCUT2D eigenvalue weighted by molar-refractivity contribution is -0.155. The minimum absolute atomic E-state index is 0.0218. The summed E-state index contributed by atoms with van der Waals surface area (Å²) in [5, 5.41) is 0.159. The second kappa shape index (κ2) is 4.65. The SMILES string of the molecule is CCCCCSC1COC1=O. The maximum Gasteiger partial charge on any atom is 0.322 e. The number of cyclic esters (lactones) is 1. The van der Waals surface area contributed by atoms with Crippen molar-refractivity contribution < 1.29 is 9.53 Å². The van der Waals surface area contributed by atoms with Crippen LogP contribution in [0.5, 0.6) is 0 Å². The Hall–Kier alpha value is -0.180. The molecular formula is C8H14O2S. The lowest BCUT2D eigenvalue weighted by atomic mass is 10.3. The molecule has 1 saturated heterocycles. The van der Waals surface area contributed by atoms with Gasteiger partial charge in [0.15, 0.2) is 0 Å². The zero-order valence-electron chi connectivity index (χ0n) is 6.84. The molecule has 0 aromatic rings. The van der Waals surface area contributed by atoms with Crippen molar-refractivity contribution >= 4 is 17.7 Å². The average Bonchev–Trinajstić information content (AvgIpc) is 2.02. The fourth-order valence-corrected chi connectivity index (χ4v) is 1.94. The van der Waals surface area contributed by atoms with Gasteiger partial charge in [-0.05, 0) is 12.2 Å². The quantitative estimate of drug-likeness (QED) is 0.470. The normalized spacial score (nSPS) is 22.6. The Morgan fingerprint density at radius 2 is 2.45 bits per heavy atom. The van der Waals surface area contributed by atoms with Crippen molar-refractivity contribution in [3.05, 3.63) is 0 Å². The van der Waals surface area contributed by atoms with E-state index in [0.29, 0.717) is 6.61 Å². The summed E-state index contributed by atoms with van der Waals surface area (Å²) in [6.45, 7) is 2.82. The summed E-state index contributed by atoms with van der Waals surface area (Å²) < 4.78 is 4.64. The molecule has 0 aromatic carbocycles. The van der Waals surface area contributed by atoms with E-state index < -0.39 is 0 Å². The molecule has 1 aliphatic rings. The lowest BCUT2D eigenvalue weighted by Crippen LogP contribution is -2.37. The fraction of sp³-hybridized carbons (Fsp3) is 0.875. The van der Waals surface area contributed by atoms with Crippen LogP contribution in [0.1, 0.15) is 26.2 Å². The van der Waals surface area contributed by atoms with Crippen molar-refractivity contribution in [2.45, 2.75) is 31.4 Å². The number of ether oxygens (including phenoxy) is 1. The molecule has 1 aliphatic heterocycles. The summed E-state index contributed by atoms with van der Waals surface area (Å²) in [5.74, 6) is 1.08. The highest BCUT2D eigenvalue weighted by atomic mass is 32.2. The summed E-state index contributed by atoms with van der Waals surface area (Å²) in [4.78, 5) is 10.7. The molecule has 3 heteroatoms. The van der Waals surface area contributed by atoms with Gasteiger partial charge in [0.1, 0.15) is 11.9 Å². The largest absolute Gasteiger partial charge is 0.463 e. The summed E-state index contributed by atoms with van der Waals surface area (Å²) in [5.41, 5.74) is 0. The fourth-order valence-electron chi connectivity index (χ4n) is 0.913. The molecular weight excluding hydrogens is 160 g/mol. The van der Waals surface area contributed by atoms with Crippen molar-refractivity contribution in [1.82, 2.24) is 0 Å². The number of carbonyl (C=O) groups is 1. The molecule has 0 saturated carbocycles. The van der Waals surface area contributed by atoms with Crippen molar-refractivity contribution in [2.24, 2.45) is 0 Å². The smallest absolute Gasteiger partial charge is 0.322 e. The highest BCUT2D eigenvalue weighted by Gasteiger charge is 2.30. The van der Waals surface area contributed by atoms with Crippen LogP contribution in [0.3, 0.4) is 0 Å². The van der Waals surface area contributed by atoms with E-state index >= 15 is 0 Å². The van der Waals surface area contributed by atoms with E-state index in [1.165, 1.54) is 19.3 Å². The van der Waals surface area contributed by atoms with Crippen LogP contribution in [0.2, 0.25) is 0 Å². The first-order valence-electron chi connectivity index (χ1n) is 4.13. The molecule has 1 unspecified atom stereocenters. The average molecular weight is 174 g/mol. The molecule has 1 heterocycles. The minimum Gasteiger partial charge on any atom is -0.463 e. The van der Waals surface area contributed by atoms with E-state index in [2.05, 4.69) is 11.7 Å². The van der Waals surface area contributed by atoms with Gasteiger partial charge >= 0.3 is 5.97 Å². The third-order valence-corrected chi connectivity index (χ3v) is 2.96. The summed E-state index contributed by atoms with van der Waals surface area (Å²) >= 11 is 1.74. The molecule has 0 spiro atoms. The zero-order chi connectivity index (χ0) is 8.10. The zero-order valence-corrected chi connectivity index (χ0v) is 7.65. The molecule has 1 fully saturated rings. The predicted molar refractivity (Wildman–Crippen MR) is 46.7 cm³/mol. The minimum atomic E-state index is -0.0218. The van der Waals surface area contributed by atoms with Gasteiger partial charge in [-0.2, -0.15) is 0 Å². The highest BCUT2D eigenvalue weighted by Crippen LogP contribution is 2.21. The van der Waals surface area contributed by atoms with Gasteiger partial charge in [-0.3, -0.25) is 4.79 Å². The molecule has 2 nitrogen and oxygen atoms in total. The first-order chi connectivity index (χ1) is 5.34. The molecule has 0 aliphatic carbocycles. The Labute approximate surface area is 71.7 Å². The number of esters is 1. The van der Waals surface area contributed by atoms with Gasteiger partial charge in [0, 0.05) is 0 Å². The van der Waals surface area contributed by atoms with Crippen LogP contribution < -0.4 is 0 Å². The van der Waals surface area contributed by atoms with Crippen LogP contribution >= 0.6 is 11.8 Å². The number of carbonyl (C=O) groups excluding carboxylic acids is 1. The molecule has 11 heavy (non-hydrogen) atoms. The van der Waals surface area contributed by atoms with E-state index in [1.54, 1.807) is 11.8 Å². The Morgan fingerprint density at radius 1 is 1.64 bits per heavy atom. The van der Waals surface area contributed by atoms with Crippen LogP contribution in [0, 0.1) is 0 Å². The highest BCUT2D eigenvalue weighted by molar-refractivity contribution is 8.00. The summed E-state index contributed by atoms with van der Waals surface area (Å²) in [6, 6.07) is 0. The molecule has 0 bridgehead atoms. The van der Waals surface area contributed by atoms with E-state index in [4.69, 9.17) is 0 Å². The van der Waals surface area contributed by atoms with Crippen LogP contribution in [0.25, 0.3) is 0 Å². The van der Waals surface area contributed by atoms with Crippen molar-refractivity contribution in [3.63, 3.8) is 0 Å². The monoisotopic (exact) mass is 174 g/mol. The van der Waals surface area contributed by atoms with E-state index in [0.717, 1.165) is 5.75 Å². The van der Waals surface area contributed by atoms with E-state index in [9.17, 15) is 4.79 Å². The lowest BCUT2D eigenvalue weighted by Gasteiger charge is -2.23. The van der Waals surface area contributed by atoms with Gasteiger partial charge in [0.2, 0.25) is 0 Å². The van der Waals surface area contributed by atoms with Crippen molar-refractivity contribution in [3.8, 4) is 0 Å². The molecule has 1 atom stereocenters. The molecule has 64 valence electrons. The topological polar surface area (TPSA) is 26.3 Å². The summed E-state index contributed by atoms with van der Waals surface area (Å²) in [7, 11) is 0. The first kappa shape index (κ1) is 8.91. The van der Waals surface area contributed by atoms with Crippen LogP contribution in [0.4, 0.5) is 0 Å². The van der Waals surface area contributed by atoms with Crippen molar-refractivity contribution in [1.29, 1.82) is 0 Å². The third-order valence-electron chi connectivity index (χ3n) is 1.71. The molecule has 0 N–H and O–H groups in total. The standard InChI is InChI=1S/C8H14O2S/c1-2-3-4-5-11-7-6-10-8(7)9/h7H,2-6H2,1H3. The van der Waals surface area contributed by atoms with Gasteiger partial charge in [-0.1, -0.05) is 19.8 Å². The Morgan fingerprint density at radius 3 is 2.91 bits per heavy atom. The predicted octanol–water partition coefficient (Wildman–Crippen LogP) is 1.84. The van der Waals surface area contributed by atoms with Gasteiger partial charge in [-0.15, -0.1) is 11.8 Å². The number of thioether (sulfide) groups is 1. The van der Waals surface area contributed by atoms with E-state index in [1.807, 2.05) is 0 Å². The molecule has 0 aromatic heterocycles. The van der Waals surface area contributed by atoms with Crippen LogP contribution in [-0.4, -0.2) is 23.6 Å². The molecule has 0 radical (unpaired) electrons. The summed E-state index contributed by atoms with van der Waals surface area (Å²) in [6.07, 6.45) is 3.75. The van der Waals surface area contributed by atoms with Crippen LogP contribution in [0.15, 0.2) is 0 Å². The Bertz CT molecular complexity index is 136. The third kappa shape index (κ3) is 2.73. The maximum atomic E-state index is 10.7. The van der Waals surface area contributed by atoms with E-state index in [-0.39, 0.29) is 11.2 Å². The number of hydrogen-bond donors (Lipinski definition) is 0. The van der Waals surface area contributed by atoms with Gasteiger partial charge in [0.05, 0.1) is 0 Å². The van der Waals surface area contributed by atoms with Gasteiger partial charge in [-0.25, -0.2) is 0 Å². The van der Waals surface area contributed by atoms with Crippen LogP contribution in [-0.2, 0) is 9.53 Å². The van der Waals surface area contributed by atoms with Gasteiger partial charge < -0.3 is 4.74 Å². The maximum absolute atomic E-state index is 10.7. The molecule has 1 rings (SSSR count).